The van der Waals surface area contributed by atoms with Gasteiger partial charge in [0.25, 0.3) is 0 Å². The SMILES string of the molecule is CC(C)(C)NC(=O)C(Cc1ccccc1)N(Cc1ccc(F)cc1)C(=O)CN(c1ccc(F)c(Cl)c1)S(C)(=O)=O. The number of carbonyl (C=O) groups is 2. The van der Waals surface area contributed by atoms with E-state index in [1.54, 1.807) is 20.8 Å². The molecule has 0 radical (unpaired) electrons. The number of nitrogens with one attached hydrogen (secondary N) is 1. The molecule has 0 aliphatic heterocycles. The van der Waals surface area contributed by atoms with Gasteiger partial charge in [0, 0.05) is 18.5 Å². The Labute approximate surface area is 238 Å². The van der Waals surface area contributed by atoms with E-state index in [-0.39, 0.29) is 23.7 Å². The Morgan fingerprint density at radius 3 is 2.12 bits per heavy atom. The molecule has 0 aromatic heterocycles. The van der Waals surface area contributed by atoms with Crippen molar-refractivity contribution in [2.75, 3.05) is 17.1 Å². The van der Waals surface area contributed by atoms with Gasteiger partial charge >= 0.3 is 0 Å². The van der Waals surface area contributed by atoms with Gasteiger partial charge in [-0.2, -0.15) is 0 Å². The van der Waals surface area contributed by atoms with Gasteiger partial charge in [0.15, 0.2) is 0 Å². The highest BCUT2D eigenvalue weighted by Gasteiger charge is 2.34. The highest BCUT2D eigenvalue weighted by molar-refractivity contribution is 7.92. The molecule has 1 N–H and O–H groups in total. The van der Waals surface area contributed by atoms with E-state index in [1.807, 2.05) is 30.3 Å². The molecule has 11 heteroatoms. The van der Waals surface area contributed by atoms with Crippen molar-refractivity contribution >= 4 is 39.1 Å². The predicted octanol–water partition coefficient (Wildman–Crippen LogP) is 4.94. The van der Waals surface area contributed by atoms with Gasteiger partial charge in [-0.1, -0.05) is 54.1 Å². The fourth-order valence-corrected chi connectivity index (χ4v) is 5.06. The first kappa shape index (κ1) is 31.0. The van der Waals surface area contributed by atoms with Crippen molar-refractivity contribution in [3.8, 4) is 0 Å². The Balaban J connectivity index is 2.08. The minimum Gasteiger partial charge on any atom is -0.350 e. The molecule has 0 bridgehead atoms. The molecule has 0 aliphatic carbocycles. The maximum absolute atomic E-state index is 14.0. The van der Waals surface area contributed by atoms with E-state index in [1.165, 1.54) is 35.2 Å². The number of sulfonamides is 1. The van der Waals surface area contributed by atoms with Crippen LogP contribution in [-0.2, 0) is 32.6 Å². The summed E-state index contributed by atoms with van der Waals surface area (Å²) in [5, 5.41) is 2.60. The van der Waals surface area contributed by atoms with Crippen LogP contribution < -0.4 is 9.62 Å². The molecular formula is C29H32ClF2N3O4S. The van der Waals surface area contributed by atoms with Gasteiger partial charge in [0.2, 0.25) is 21.8 Å². The van der Waals surface area contributed by atoms with Crippen molar-refractivity contribution in [1.29, 1.82) is 0 Å². The standard InChI is InChI=1S/C29H32ClF2N3O4S/c1-29(2,3)33-28(37)26(16-20-8-6-5-7-9-20)34(18-21-10-12-22(31)13-11-21)27(36)19-35(40(4,38)39)23-14-15-25(32)24(30)17-23/h5-15,17,26H,16,18-19H2,1-4H3,(H,33,37). The molecule has 0 saturated heterocycles. The van der Waals surface area contributed by atoms with Crippen LogP contribution in [0.2, 0.25) is 5.02 Å². The second kappa shape index (κ2) is 12.8. The lowest BCUT2D eigenvalue weighted by Gasteiger charge is -2.35. The van der Waals surface area contributed by atoms with Crippen LogP contribution in [0.5, 0.6) is 0 Å². The highest BCUT2D eigenvalue weighted by Crippen LogP contribution is 2.25. The maximum Gasteiger partial charge on any atom is 0.244 e. The van der Waals surface area contributed by atoms with Crippen molar-refractivity contribution in [2.24, 2.45) is 0 Å². The highest BCUT2D eigenvalue weighted by atomic mass is 35.5. The van der Waals surface area contributed by atoms with Gasteiger partial charge in [-0.05, 0) is 62.2 Å². The number of carbonyl (C=O) groups excluding carboxylic acids is 2. The van der Waals surface area contributed by atoms with Crippen LogP contribution in [0.4, 0.5) is 14.5 Å². The van der Waals surface area contributed by atoms with Crippen LogP contribution in [0.15, 0.2) is 72.8 Å². The lowest BCUT2D eigenvalue weighted by molar-refractivity contribution is -0.140. The van der Waals surface area contributed by atoms with Crippen LogP contribution in [0.3, 0.4) is 0 Å². The summed E-state index contributed by atoms with van der Waals surface area (Å²) in [6, 6.07) is 16.8. The van der Waals surface area contributed by atoms with Crippen molar-refractivity contribution in [3.05, 3.63) is 101 Å². The summed E-state index contributed by atoms with van der Waals surface area (Å²) in [5.74, 6) is -2.35. The molecule has 0 aliphatic rings. The van der Waals surface area contributed by atoms with E-state index in [0.717, 1.165) is 28.3 Å². The molecule has 3 aromatic rings. The number of hydrogen-bond acceptors (Lipinski definition) is 4. The molecule has 214 valence electrons. The average molecular weight is 592 g/mol. The summed E-state index contributed by atoms with van der Waals surface area (Å²) < 4.78 is 53.8. The van der Waals surface area contributed by atoms with Crippen LogP contribution in [0, 0.1) is 11.6 Å². The largest absolute Gasteiger partial charge is 0.350 e. The van der Waals surface area contributed by atoms with E-state index in [4.69, 9.17) is 11.6 Å². The summed E-state index contributed by atoms with van der Waals surface area (Å²) in [7, 11) is -4.03. The summed E-state index contributed by atoms with van der Waals surface area (Å²) >= 11 is 5.90. The zero-order valence-electron chi connectivity index (χ0n) is 22.7. The zero-order valence-corrected chi connectivity index (χ0v) is 24.3. The van der Waals surface area contributed by atoms with Crippen molar-refractivity contribution in [3.63, 3.8) is 0 Å². The molecule has 3 rings (SSSR count). The first-order valence-electron chi connectivity index (χ1n) is 12.5. The topological polar surface area (TPSA) is 86.8 Å². The second-order valence-electron chi connectivity index (χ2n) is 10.5. The molecular weight excluding hydrogens is 560 g/mol. The smallest absolute Gasteiger partial charge is 0.244 e. The minimum atomic E-state index is -4.03. The van der Waals surface area contributed by atoms with Crippen LogP contribution in [0.25, 0.3) is 0 Å². The molecule has 2 amide bonds. The van der Waals surface area contributed by atoms with Crippen molar-refractivity contribution in [1.82, 2.24) is 10.2 Å². The van der Waals surface area contributed by atoms with E-state index < -0.39 is 51.6 Å². The third-order valence-electron chi connectivity index (χ3n) is 5.91. The number of anilines is 1. The minimum absolute atomic E-state index is 0.0114. The monoisotopic (exact) mass is 591 g/mol. The number of amides is 2. The number of rotatable bonds is 10. The second-order valence-corrected chi connectivity index (χ2v) is 12.8. The van der Waals surface area contributed by atoms with Crippen LogP contribution >= 0.6 is 11.6 Å². The molecule has 7 nitrogen and oxygen atoms in total. The normalized spacial score (nSPS) is 12.5. The van der Waals surface area contributed by atoms with Gasteiger partial charge < -0.3 is 10.2 Å². The summed E-state index contributed by atoms with van der Waals surface area (Å²) in [4.78, 5) is 28.9. The lowest BCUT2D eigenvalue weighted by Crippen LogP contribution is -2.56. The van der Waals surface area contributed by atoms with Gasteiger partial charge in [-0.25, -0.2) is 17.2 Å². The Morgan fingerprint density at radius 2 is 1.57 bits per heavy atom. The quantitative estimate of drug-likeness (QED) is 0.362. The number of nitrogens with zero attached hydrogens (tertiary/aromatic N) is 2. The fraction of sp³-hybridized carbons (Fsp3) is 0.310. The number of hydrogen-bond donors (Lipinski definition) is 1. The first-order chi connectivity index (χ1) is 18.6. The third kappa shape index (κ3) is 8.76. The molecule has 40 heavy (non-hydrogen) atoms. The molecule has 1 atom stereocenters. The molecule has 0 heterocycles. The Kier molecular flexibility index (Phi) is 9.92. The molecule has 0 spiro atoms. The molecule has 0 saturated carbocycles. The summed E-state index contributed by atoms with van der Waals surface area (Å²) in [6.07, 6.45) is 1.05. The van der Waals surface area contributed by atoms with Crippen molar-refractivity contribution < 1.29 is 26.8 Å². The molecule has 0 fully saturated rings. The molecule has 1 unspecified atom stereocenters. The van der Waals surface area contributed by atoms with Gasteiger partial charge in [0.1, 0.15) is 24.2 Å². The van der Waals surface area contributed by atoms with Gasteiger partial charge in [-0.3, -0.25) is 13.9 Å². The number of benzene rings is 3. The van der Waals surface area contributed by atoms with Gasteiger partial charge in [0.05, 0.1) is 17.0 Å². The fourth-order valence-electron chi connectivity index (χ4n) is 4.05. The Morgan fingerprint density at radius 1 is 0.950 bits per heavy atom. The van der Waals surface area contributed by atoms with Crippen LogP contribution in [-0.4, -0.2) is 49.5 Å². The molecule has 3 aromatic carbocycles. The Hall–Kier alpha value is -3.50. The van der Waals surface area contributed by atoms with Crippen molar-refractivity contribution in [2.45, 2.75) is 45.3 Å². The predicted molar refractivity (Wildman–Crippen MR) is 152 cm³/mol. The van der Waals surface area contributed by atoms with E-state index in [2.05, 4.69) is 5.32 Å². The van der Waals surface area contributed by atoms with Gasteiger partial charge in [-0.15, -0.1) is 0 Å². The maximum atomic E-state index is 14.0. The van der Waals surface area contributed by atoms with E-state index in [9.17, 15) is 26.8 Å². The number of halogens is 3. The van der Waals surface area contributed by atoms with Crippen LogP contribution in [0.1, 0.15) is 31.9 Å². The summed E-state index contributed by atoms with van der Waals surface area (Å²) in [5.41, 5.74) is 0.675. The summed E-state index contributed by atoms with van der Waals surface area (Å²) in [6.45, 7) is 4.63. The van der Waals surface area contributed by atoms with E-state index >= 15 is 0 Å². The lowest BCUT2D eigenvalue weighted by atomic mass is 10.0. The first-order valence-corrected chi connectivity index (χ1v) is 14.7. The average Bonchev–Trinajstić information content (AvgIpc) is 2.86. The Bertz CT molecular complexity index is 1450. The third-order valence-corrected chi connectivity index (χ3v) is 7.34. The van der Waals surface area contributed by atoms with E-state index in [0.29, 0.717) is 5.56 Å². The zero-order chi connectivity index (χ0) is 29.7.